The molecule has 0 saturated carbocycles. The van der Waals surface area contributed by atoms with Gasteiger partial charge < -0.3 is 25.4 Å². The number of azo groups is 1. The molecule has 6 atom stereocenters. The van der Waals surface area contributed by atoms with Crippen molar-refractivity contribution in [2.45, 2.75) is 213 Å². The Labute approximate surface area is 670 Å². The lowest BCUT2D eigenvalue weighted by Crippen LogP contribution is -2.45. The predicted octanol–water partition coefficient (Wildman–Crippen LogP) is 21.1. The molecule has 2 amide bonds. The topological polar surface area (TPSA) is 258 Å². The third kappa shape index (κ3) is 35.3. The first kappa shape index (κ1) is 95.2. The molecule has 110 heavy (non-hydrogen) atoms. The Balaban J connectivity index is 0.000000331. The van der Waals surface area contributed by atoms with E-state index in [9.17, 15) is 34.2 Å². The van der Waals surface area contributed by atoms with Crippen LogP contribution in [0.3, 0.4) is 0 Å². The van der Waals surface area contributed by atoms with Crippen LogP contribution in [0.1, 0.15) is 201 Å². The summed E-state index contributed by atoms with van der Waals surface area (Å²) in [7, 11) is 1.56. The lowest BCUT2D eigenvalue weighted by molar-refractivity contribution is -0.129. The number of aromatic hydroxyl groups is 3. The Hall–Kier alpha value is -9.03. The fourth-order valence-electron chi connectivity index (χ4n) is 10.2. The van der Waals surface area contributed by atoms with Crippen molar-refractivity contribution in [3.05, 3.63) is 247 Å². The number of rotatable bonds is 26. The van der Waals surface area contributed by atoms with E-state index in [0.29, 0.717) is 80.5 Å². The van der Waals surface area contributed by atoms with E-state index in [0.717, 1.165) is 47.9 Å². The van der Waals surface area contributed by atoms with E-state index >= 15 is 0 Å². The van der Waals surface area contributed by atoms with Gasteiger partial charge in [0.15, 0.2) is 20.6 Å². The molecule has 0 bridgehead atoms. The average Bonchev–Trinajstić information content (AvgIpc) is 0.819. The maximum absolute atomic E-state index is 12.0. The summed E-state index contributed by atoms with van der Waals surface area (Å²) in [5.41, 5.74) is 6.43. The van der Waals surface area contributed by atoms with E-state index in [1.54, 1.807) is 35.9 Å². The van der Waals surface area contributed by atoms with Crippen molar-refractivity contribution in [1.29, 1.82) is 0 Å². The number of hydrogen-bond acceptors (Lipinski definition) is 18. The number of methoxy groups -OCH3 is 1. The lowest BCUT2D eigenvalue weighted by Gasteiger charge is -2.18. The highest BCUT2D eigenvalue weighted by Crippen LogP contribution is 2.25. The van der Waals surface area contributed by atoms with Crippen molar-refractivity contribution in [2.24, 2.45) is 21.1 Å². The summed E-state index contributed by atoms with van der Waals surface area (Å²) < 4.78 is 9.76. The molecule has 0 saturated heterocycles. The molecule has 19 nitrogen and oxygen atoms in total. The second-order valence-corrected chi connectivity index (χ2v) is 30.3. The highest BCUT2D eigenvalue weighted by molar-refractivity contribution is 8.13. The van der Waals surface area contributed by atoms with Crippen molar-refractivity contribution >= 4 is 69.7 Å². The average molecular weight is 1580 g/mol. The number of amidine groups is 1. The third-order valence-corrected chi connectivity index (χ3v) is 20.7. The molecule has 0 spiro atoms. The Bertz CT molecular complexity index is 4090. The smallest absolute Gasteiger partial charge is 0.284 e. The van der Waals surface area contributed by atoms with Gasteiger partial charge in [-0.2, -0.15) is 30.2 Å². The van der Waals surface area contributed by atoms with Gasteiger partial charge in [0.2, 0.25) is 23.7 Å². The number of unbranched alkanes of at least 4 members (excludes halogenated alkanes) is 1. The zero-order valence-electron chi connectivity index (χ0n) is 67.3. The van der Waals surface area contributed by atoms with Crippen molar-refractivity contribution in [3.8, 4) is 29.1 Å². The van der Waals surface area contributed by atoms with Crippen LogP contribution in [-0.2, 0) is 22.7 Å². The maximum Gasteiger partial charge on any atom is 0.284 e. The molecule has 0 aliphatic carbocycles. The van der Waals surface area contributed by atoms with Gasteiger partial charge in [0.1, 0.15) is 5.75 Å². The van der Waals surface area contributed by atoms with Crippen LogP contribution in [0.4, 0.5) is 5.69 Å². The van der Waals surface area contributed by atoms with Gasteiger partial charge in [0.25, 0.3) is 28.5 Å². The maximum atomic E-state index is 12.0. The molecular weight excluding hydrogens is 1460 g/mol. The van der Waals surface area contributed by atoms with Crippen molar-refractivity contribution < 1.29 is 29.6 Å². The van der Waals surface area contributed by atoms with Gasteiger partial charge in [-0.1, -0.05) is 303 Å². The first-order valence-corrected chi connectivity index (χ1v) is 42.2. The Morgan fingerprint density at radius 1 is 0.464 bits per heavy atom. The van der Waals surface area contributed by atoms with Crippen LogP contribution in [0.25, 0.3) is 5.69 Å². The highest BCUT2D eigenvalue weighted by Gasteiger charge is 2.32. The van der Waals surface area contributed by atoms with Crippen LogP contribution in [0.15, 0.2) is 239 Å². The molecule has 0 radical (unpaired) electrons. The molecule has 3 aromatic heterocycles. The molecule has 1 aliphatic heterocycles. The molecule has 594 valence electrons. The lowest BCUT2D eigenvalue weighted by atomic mass is 9.99. The van der Waals surface area contributed by atoms with Gasteiger partial charge in [-0.25, -0.2) is 0 Å². The second-order valence-electron chi connectivity index (χ2n) is 25.3. The number of para-hydroxylation sites is 1. The van der Waals surface area contributed by atoms with Gasteiger partial charge in [-0.05, 0) is 150 Å². The largest absolute Gasteiger partial charge is 0.497 e. The number of amides is 2. The second kappa shape index (κ2) is 55.4. The van der Waals surface area contributed by atoms with Crippen LogP contribution in [0.5, 0.6) is 23.4 Å². The number of ether oxygens (including phenoxy) is 1. The number of aromatic nitrogens is 6. The minimum atomic E-state index is -1.23. The van der Waals surface area contributed by atoms with E-state index in [-0.39, 0.29) is 34.3 Å². The Morgan fingerprint density at radius 2 is 0.836 bits per heavy atom. The minimum absolute atomic E-state index is 0.154. The molecule has 6 aromatic carbocycles. The van der Waals surface area contributed by atoms with Crippen LogP contribution in [0.2, 0.25) is 0 Å². The van der Waals surface area contributed by atoms with Gasteiger partial charge >= 0.3 is 0 Å². The summed E-state index contributed by atoms with van der Waals surface area (Å²) in [6.07, 6.45) is 9.47. The number of carbonyl (C=O) groups excluding carboxylic acids is 2. The van der Waals surface area contributed by atoms with E-state index in [4.69, 9.17) is 9.84 Å². The standard InChI is InChI=1S/C14H24N2O2S.C13H14N4O3S.C12H12N2O2S.4C10H14.C8H12N2O2S/c1-4-7-8-11(5-2)10-16-13(18)9-12(17)15-14(16)19-6-3;1-3-21-13-14-11(18)10(12(19)15-13)17-16-8-4-6-9(20-2)7-5-8;1-2-17-12-13-10(15)8-11(16)14(12)9-6-4-3-5-7-9;4*1-3-9(2)10-7-5-4-6-8-10;1-3-10-7(12)5-6(11)9-8(10)13-4-2/h9,11,17H,4-8,10H2,1-3H3;4-7,10H,3H2,1-2H3,(H,14,15,18,19);3-8,15H,2H2,1H3;4*4-9H,3H2,1-2H3;5,11H,3-4H2,1-2H3. The summed E-state index contributed by atoms with van der Waals surface area (Å²) in [5, 5.41) is 40.1. The number of hydrogen-bond donors (Lipinski definition) is 4. The van der Waals surface area contributed by atoms with Crippen LogP contribution < -0.4 is 26.7 Å². The minimum Gasteiger partial charge on any atom is -0.497 e. The normalized spacial score (nSPS) is 13.3. The molecule has 23 heteroatoms. The van der Waals surface area contributed by atoms with Crippen molar-refractivity contribution in [3.63, 3.8) is 0 Å². The van der Waals surface area contributed by atoms with E-state index in [2.05, 4.69) is 226 Å². The quantitative estimate of drug-likeness (QED) is 0.0170. The molecule has 9 aromatic rings. The number of benzene rings is 6. The molecule has 4 N–H and O–H groups in total. The van der Waals surface area contributed by atoms with Gasteiger partial charge in [-0.3, -0.25) is 37.7 Å². The predicted molar refractivity (Wildman–Crippen MR) is 461 cm³/mol. The van der Waals surface area contributed by atoms with Gasteiger partial charge in [0, 0.05) is 13.1 Å². The van der Waals surface area contributed by atoms with Crippen molar-refractivity contribution in [1.82, 2.24) is 34.0 Å². The molecule has 6 unspecified atom stereocenters. The van der Waals surface area contributed by atoms with E-state index in [1.807, 2.05) is 65.0 Å². The summed E-state index contributed by atoms with van der Waals surface area (Å²) in [5.74, 6) is 5.44. The van der Waals surface area contributed by atoms with Gasteiger partial charge in [-0.15, -0.1) is 0 Å². The summed E-state index contributed by atoms with van der Waals surface area (Å²) in [4.78, 5) is 74.5. The zero-order chi connectivity index (χ0) is 81.2. The van der Waals surface area contributed by atoms with Crippen molar-refractivity contribution in [2.75, 3.05) is 30.1 Å². The Kier molecular flexibility index (Phi) is 47.9. The number of nitrogens with zero attached hydrogens (tertiary/aromatic N) is 9. The monoisotopic (exact) mass is 1570 g/mol. The molecule has 4 heterocycles. The third-order valence-electron chi connectivity index (χ3n) is 17.4. The first-order valence-electron chi connectivity index (χ1n) is 38.2. The molecule has 1 aliphatic rings. The molecular formula is C87H118N10O9S4. The highest BCUT2D eigenvalue weighted by atomic mass is 32.2. The first-order chi connectivity index (χ1) is 53.0. The molecule has 0 fully saturated rings. The molecule has 10 rings (SSSR count). The number of aliphatic imine (C=N–C) groups is 1. The van der Waals surface area contributed by atoms with Crippen LogP contribution >= 0.6 is 47.0 Å². The Morgan fingerprint density at radius 3 is 1.20 bits per heavy atom. The fraction of sp³-hybridized carbons (Fsp3) is 0.414. The fourth-order valence-corrected chi connectivity index (χ4v) is 13.0. The van der Waals surface area contributed by atoms with Gasteiger partial charge in [0.05, 0.1) is 36.7 Å². The summed E-state index contributed by atoms with van der Waals surface area (Å²) in [6.45, 7) is 33.3. The SMILES string of the molecule is CCC(C)c1ccccc1.CCC(C)c1ccccc1.CCC(C)c1ccccc1.CCC(C)c1ccccc1.CCCCC(CC)Cn1c(SCC)nc(O)cc1=O.CCSC1=NC(=O)C(N=Nc2ccc(OC)cc2)C(=O)N1.CCSc1nc(O)cc(=O)n1-c1ccccc1.CCSc1nc(O)cc(=O)n1CC. The summed E-state index contributed by atoms with van der Waals surface area (Å²) >= 11 is 5.65. The van der Waals surface area contributed by atoms with Crippen LogP contribution in [-0.4, -0.2) is 97.1 Å². The number of nitrogens with one attached hydrogen (secondary N) is 1. The van der Waals surface area contributed by atoms with E-state index in [1.165, 1.54) is 123 Å². The zero-order valence-corrected chi connectivity index (χ0v) is 70.6. The number of carbonyl (C=O) groups is 2. The summed E-state index contributed by atoms with van der Waals surface area (Å²) in [6, 6.07) is 60.8. The number of thioether (sulfide) groups is 4. The van der Waals surface area contributed by atoms with Crippen LogP contribution in [0, 0.1) is 5.92 Å². The van der Waals surface area contributed by atoms with E-state index < -0.39 is 17.9 Å².